The lowest BCUT2D eigenvalue weighted by atomic mass is 9.98. The van der Waals surface area contributed by atoms with Crippen LogP contribution in [0.4, 0.5) is 0 Å². The molecule has 0 radical (unpaired) electrons. The number of hydrogen-bond acceptors (Lipinski definition) is 5. The number of benzene rings is 1. The molecule has 0 atom stereocenters. The van der Waals surface area contributed by atoms with E-state index in [4.69, 9.17) is 0 Å². The van der Waals surface area contributed by atoms with Crippen molar-refractivity contribution in [2.75, 3.05) is 13.1 Å². The molecule has 2 aromatic heterocycles. The molecule has 0 saturated carbocycles. The lowest BCUT2D eigenvalue weighted by Gasteiger charge is -2.29. The number of aromatic nitrogens is 1. The molecule has 0 aliphatic carbocycles. The van der Waals surface area contributed by atoms with Crippen LogP contribution in [0.25, 0.3) is 10.2 Å². The summed E-state index contributed by atoms with van der Waals surface area (Å²) in [6.45, 7) is 4.83. The van der Waals surface area contributed by atoms with Gasteiger partial charge in [0.05, 0.1) is 10.2 Å². The largest absolute Gasteiger partial charge is 0.319 e. The van der Waals surface area contributed by atoms with Crippen LogP contribution in [0.1, 0.15) is 24.0 Å². The number of carbonyl (C=O) groups excluding carboxylic acids is 1. The van der Waals surface area contributed by atoms with Crippen LogP contribution in [-0.4, -0.2) is 36.3 Å². The van der Waals surface area contributed by atoms with Crippen molar-refractivity contribution < 1.29 is 13.2 Å². The number of piperidine rings is 1. The standard InChI is InChI=1S/C20H23N3O3S3/c1-13-11-14(2)18-16(12-13)28-20(22(18)3)21-19(24)15-6-8-23(9-7-15)29(25,26)17-5-4-10-27-17/h4-5,10-12,15H,6-9H2,1-3H3. The second-order valence-electron chi connectivity index (χ2n) is 7.43. The van der Waals surface area contributed by atoms with Crippen molar-refractivity contribution in [2.24, 2.45) is 18.0 Å². The highest BCUT2D eigenvalue weighted by Crippen LogP contribution is 2.27. The molecule has 1 aliphatic heterocycles. The van der Waals surface area contributed by atoms with Crippen LogP contribution in [0.5, 0.6) is 0 Å². The fourth-order valence-corrected chi connectivity index (χ4v) is 7.67. The summed E-state index contributed by atoms with van der Waals surface area (Å²) in [4.78, 5) is 17.9. The molecule has 0 unspecified atom stereocenters. The number of carbonyl (C=O) groups is 1. The van der Waals surface area contributed by atoms with E-state index in [2.05, 4.69) is 31.0 Å². The molecule has 0 N–H and O–H groups in total. The molecule has 4 rings (SSSR count). The second kappa shape index (κ2) is 7.79. The van der Waals surface area contributed by atoms with Crippen LogP contribution >= 0.6 is 22.7 Å². The van der Waals surface area contributed by atoms with Crippen molar-refractivity contribution in [2.45, 2.75) is 30.9 Å². The van der Waals surface area contributed by atoms with E-state index in [1.807, 2.05) is 11.6 Å². The Kier molecular flexibility index (Phi) is 5.50. The van der Waals surface area contributed by atoms with E-state index in [1.165, 1.54) is 38.1 Å². The van der Waals surface area contributed by atoms with Gasteiger partial charge >= 0.3 is 0 Å². The van der Waals surface area contributed by atoms with Crippen LogP contribution in [-0.2, 0) is 21.9 Å². The van der Waals surface area contributed by atoms with Gasteiger partial charge in [0.1, 0.15) is 4.21 Å². The quantitative estimate of drug-likeness (QED) is 0.615. The van der Waals surface area contributed by atoms with Crippen LogP contribution < -0.4 is 4.80 Å². The van der Waals surface area contributed by atoms with Crippen LogP contribution in [0.3, 0.4) is 0 Å². The number of amides is 1. The SMILES string of the molecule is Cc1cc(C)c2c(c1)sc(=NC(=O)C1CCN(S(=O)(=O)c3cccs3)CC1)n2C. The van der Waals surface area contributed by atoms with Crippen molar-refractivity contribution in [3.8, 4) is 0 Å². The Bertz CT molecular complexity index is 1230. The van der Waals surface area contributed by atoms with Gasteiger partial charge in [-0.05, 0) is 55.3 Å². The summed E-state index contributed by atoms with van der Waals surface area (Å²) in [6.07, 6.45) is 0.999. The molecular formula is C20H23N3O3S3. The van der Waals surface area contributed by atoms with E-state index in [0.29, 0.717) is 34.9 Å². The molecule has 9 heteroatoms. The van der Waals surface area contributed by atoms with Gasteiger partial charge in [-0.1, -0.05) is 23.5 Å². The van der Waals surface area contributed by atoms with Crippen molar-refractivity contribution in [3.63, 3.8) is 0 Å². The van der Waals surface area contributed by atoms with E-state index in [1.54, 1.807) is 17.5 Å². The third-order valence-corrected chi connectivity index (χ3v) is 9.68. The molecule has 1 aromatic carbocycles. The molecule has 3 heterocycles. The summed E-state index contributed by atoms with van der Waals surface area (Å²) in [5.41, 5.74) is 3.46. The minimum absolute atomic E-state index is 0.158. The summed E-state index contributed by atoms with van der Waals surface area (Å²) < 4.78 is 30.2. The number of aryl methyl sites for hydroxylation is 3. The number of fused-ring (bicyclic) bond motifs is 1. The summed E-state index contributed by atoms with van der Waals surface area (Å²) in [7, 11) is -1.52. The van der Waals surface area contributed by atoms with Gasteiger partial charge < -0.3 is 4.57 Å². The lowest BCUT2D eigenvalue weighted by molar-refractivity contribution is -0.122. The van der Waals surface area contributed by atoms with Gasteiger partial charge in [0, 0.05) is 26.1 Å². The number of sulfonamides is 1. The normalized spacial score (nSPS) is 17.3. The van der Waals surface area contributed by atoms with Crippen molar-refractivity contribution >= 4 is 48.8 Å². The van der Waals surface area contributed by atoms with Crippen molar-refractivity contribution in [1.82, 2.24) is 8.87 Å². The molecule has 29 heavy (non-hydrogen) atoms. The van der Waals surface area contributed by atoms with E-state index >= 15 is 0 Å². The van der Waals surface area contributed by atoms with Crippen LogP contribution in [0.2, 0.25) is 0 Å². The lowest BCUT2D eigenvalue weighted by Crippen LogP contribution is -2.40. The average Bonchev–Trinajstić information content (AvgIpc) is 3.31. The monoisotopic (exact) mass is 449 g/mol. The number of hydrogen-bond donors (Lipinski definition) is 0. The predicted molar refractivity (Wildman–Crippen MR) is 117 cm³/mol. The molecule has 6 nitrogen and oxygen atoms in total. The first-order valence-corrected chi connectivity index (χ1v) is 12.6. The Morgan fingerprint density at radius 1 is 1.21 bits per heavy atom. The number of nitrogens with zero attached hydrogens (tertiary/aromatic N) is 3. The van der Waals surface area contributed by atoms with E-state index in [9.17, 15) is 13.2 Å². The fraction of sp³-hybridized carbons (Fsp3) is 0.400. The average molecular weight is 450 g/mol. The summed E-state index contributed by atoms with van der Waals surface area (Å²) in [5, 5.41) is 1.76. The highest BCUT2D eigenvalue weighted by molar-refractivity contribution is 7.91. The Morgan fingerprint density at radius 3 is 2.59 bits per heavy atom. The third-order valence-electron chi connectivity index (χ3n) is 5.33. The molecular weight excluding hydrogens is 426 g/mol. The van der Waals surface area contributed by atoms with Gasteiger partial charge in [0.25, 0.3) is 15.9 Å². The van der Waals surface area contributed by atoms with Gasteiger partial charge in [0.15, 0.2) is 4.80 Å². The molecule has 154 valence electrons. The molecule has 3 aromatic rings. The molecule has 1 saturated heterocycles. The fourth-order valence-electron chi connectivity index (χ4n) is 3.86. The molecule has 1 aliphatic rings. The molecule has 0 spiro atoms. The van der Waals surface area contributed by atoms with Gasteiger partial charge in [-0.15, -0.1) is 11.3 Å². The van der Waals surface area contributed by atoms with E-state index in [-0.39, 0.29) is 11.8 Å². The first-order chi connectivity index (χ1) is 13.8. The topological polar surface area (TPSA) is 71.7 Å². The smallest absolute Gasteiger partial charge is 0.252 e. The minimum atomic E-state index is -3.45. The summed E-state index contributed by atoms with van der Waals surface area (Å²) in [5.74, 6) is -0.396. The maximum atomic E-state index is 12.8. The van der Waals surface area contributed by atoms with E-state index < -0.39 is 10.0 Å². The predicted octanol–water partition coefficient (Wildman–Crippen LogP) is 3.45. The first-order valence-electron chi connectivity index (χ1n) is 9.46. The molecule has 1 fully saturated rings. The van der Waals surface area contributed by atoms with E-state index in [0.717, 1.165) is 10.2 Å². The summed E-state index contributed by atoms with van der Waals surface area (Å²) >= 11 is 2.74. The highest BCUT2D eigenvalue weighted by atomic mass is 32.2. The Hall–Kier alpha value is -1.81. The van der Waals surface area contributed by atoms with Crippen molar-refractivity contribution in [1.29, 1.82) is 0 Å². The maximum Gasteiger partial charge on any atom is 0.252 e. The Balaban J connectivity index is 1.53. The number of thiophene rings is 1. The van der Waals surface area contributed by atoms with Gasteiger partial charge in [-0.3, -0.25) is 4.79 Å². The zero-order valence-electron chi connectivity index (χ0n) is 16.6. The Labute approximate surface area is 178 Å². The second-order valence-corrected chi connectivity index (χ2v) is 11.6. The zero-order valence-corrected chi connectivity index (χ0v) is 19.0. The molecule has 0 bridgehead atoms. The summed E-state index contributed by atoms with van der Waals surface area (Å²) in [6, 6.07) is 7.60. The number of rotatable bonds is 3. The van der Waals surface area contributed by atoms with Gasteiger partial charge in [0.2, 0.25) is 0 Å². The maximum absolute atomic E-state index is 12.8. The van der Waals surface area contributed by atoms with Gasteiger partial charge in [-0.2, -0.15) is 9.30 Å². The first kappa shape index (κ1) is 20.5. The van der Waals surface area contributed by atoms with Crippen LogP contribution in [0.15, 0.2) is 38.8 Å². The minimum Gasteiger partial charge on any atom is -0.319 e. The Morgan fingerprint density at radius 2 is 1.93 bits per heavy atom. The number of thiazole rings is 1. The highest BCUT2D eigenvalue weighted by Gasteiger charge is 2.32. The molecule has 1 amide bonds. The zero-order chi connectivity index (χ0) is 20.8. The third kappa shape index (κ3) is 3.84. The van der Waals surface area contributed by atoms with Crippen LogP contribution in [0, 0.1) is 19.8 Å². The van der Waals surface area contributed by atoms with Gasteiger partial charge in [-0.25, -0.2) is 8.42 Å². The van der Waals surface area contributed by atoms with Crippen molar-refractivity contribution in [3.05, 3.63) is 45.6 Å².